The van der Waals surface area contributed by atoms with Gasteiger partial charge in [0.25, 0.3) is 5.91 Å². The van der Waals surface area contributed by atoms with Gasteiger partial charge in [-0.15, -0.1) is 0 Å². The molecule has 1 atom stereocenters. The van der Waals surface area contributed by atoms with E-state index >= 15 is 0 Å². The summed E-state index contributed by atoms with van der Waals surface area (Å²) in [6, 6.07) is 4.75. The Morgan fingerprint density at radius 3 is 2.80 bits per heavy atom. The van der Waals surface area contributed by atoms with Crippen LogP contribution in [0.5, 0.6) is 0 Å². The summed E-state index contributed by atoms with van der Waals surface area (Å²) < 4.78 is 19.2. The lowest BCUT2D eigenvalue weighted by molar-refractivity contribution is -0.143. The number of rotatable bonds is 6. The molecule has 110 valence electrons. The molecule has 1 saturated carbocycles. The van der Waals surface area contributed by atoms with Gasteiger partial charge in [0.1, 0.15) is 11.9 Å². The molecule has 3 nitrogen and oxygen atoms in total. The van der Waals surface area contributed by atoms with E-state index < -0.39 is 6.10 Å². The van der Waals surface area contributed by atoms with E-state index in [2.05, 4.69) is 0 Å². The molecular weight excluding hydrogens is 281 g/mol. The zero-order valence-electron chi connectivity index (χ0n) is 11.7. The van der Waals surface area contributed by atoms with E-state index in [4.69, 9.17) is 16.3 Å². The van der Waals surface area contributed by atoms with Crippen LogP contribution in [0.3, 0.4) is 0 Å². The third kappa shape index (κ3) is 3.49. The van der Waals surface area contributed by atoms with Crippen LogP contribution >= 0.6 is 11.6 Å². The number of halogens is 2. The van der Waals surface area contributed by atoms with Crippen LogP contribution < -0.4 is 0 Å². The first-order chi connectivity index (χ1) is 9.54. The van der Waals surface area contributed by atoms with Gasteiger partial charge >= 0.3 is 0 Å². The monoisotopic (exact) mass is 299 g/mol. The second-order valence-electron chi connectivity index (χ2n) is 5.00. The van der Waals surface area contributed by atoms with Crippen molar-refractivity contribution < 1.29 is 13.9 Å². The van der Waals surface area contributed by atoms with Crippen molar-refractivity contribution in [2.24, 2.45) is 0 Å². The molecule has 2 rings (SSSR count). The highest BCUT2D eigenvalue weighted by atomic mass is 35.5. The van der Waals surface area contributed by atoms with Crippen LogP contribution in [0.25, 0.3) is 0 Å². The number of ether oxygens (including phenoxy) is 1. The lowest BCUT2D eigenvalue weighted by Gasteiger charge is -2.26. The van der Waals surface area contributed by atoms with Crippen LogP contribution in [-0.2, 0) is 16.1 Å². The Morgan fingerprint density at radius 1 is 1.55 bits per heavy atom. The van der Waals surface area contributed by atoms with Gasteiger partial charge in [0.05, 0.1) is 6.54 Å². The molecule has 1 amide bonds. The van der Waals surface area contributed by atoms with E-state index in [1.807, 2.05) is 6.92 Å². The molecule has 0 heterocycles. The molecular formula is C15H19ClFNO2. The van der Waals surface area contributed by atoms with Crippen LogP contribution in [0, 0.1) is 5.82 Å². The molecule has 5 heteroatoms. The highest BCUT2D eigenvalue weighted by Crippen LogP contribution is 2.31. The maximum atomic E-state index is 13.9. The van der Waals surface area contributed by atoms with Gasteiger partial charge in [-0.1, -0.05) is 17.7 Å². The average molecular weight is 300 g/mol. The van der Waals surface area contributed by atoms with E-state index in [0.29, 0.717) is 17.2 Å². The van der Waals surface area contributed by atoms with Gasteiger partial charge in [0.2, 0.25) is 0 Å². The Morgan fingerprint density at radius 2 is 2.25 bits per heavy atom. The third-order valence-electron chi connectivity index (χ3n) is 3.43. The lowest BCUT2D eigenvalue weighted by Crippen LogP contribution is -2.40. The SMILES string of the molecule is CCOC(C)C(=O)N(Cc1c(F)cccc1Cl)C1CC1. The maximum Gasteiger partial charge on any atom is 0.251 e. The molecule has 0 aliphatic heterocycles. The summed E-state index contributed by atoms with van der Waals surface area (Å²) in [7, 11) is 0. The van der Waals surface area contributed by atoms with Crippen LogP contribution in [0.4, 0.5) is 4.39 Å². The number of carbonyl (C=O) groups is 1. The number of benzene rings is 1. The second kappa shape index (κ2) is 6.55. The zero-order valence-corrected chi connectivity index (χ0v) is 12.5. The van der Waals surface area contributed by atoms with Gasteiger partial charge in [0.15, 0.2) is 0 Å². The standard InChI is InChI=1S/C15H19ClFNO2/c1-3-20-10(2)15(19)18(11-7-8-11)9-12-13(16)5-4-6-14(12)17/h4-6,10-11H,3,7-9H2,1-2H3. The Balaban J connectivity index is 2.16. The van der Waals surface area contributed by atoms with Crippen molar-refractivity contribution >= 4 is 17.5 Å². The van der Waals surface area contributed by atoms with E-state index in [-0.39, 0.29) is 24.3 Å². The van der Waals surface area contributed by atoms with Gasteiger partial charge in [-0.25, -0.2) is 4.39 Å². The summed E-state index contributed by atoms with van der Waals surface area (Å²) >= 11 is 6.03. The first-order valence-electron chi connectivity index (χ1n) is 6.89. The fourth-order valence-electron chi connectivity index (χ4n) is 2.18. The molecule has 0 radical (unpaired) electrons. The summed E-state index contributed by atoms with van der Waals surface area (Å²) in [5.41, 5.74) is 0.373. The van der Waals surface area contributed by atoms with Gasteiger partial charge in [-0.3, -0.25) is 4.79 Å². The Labute approximate surface area is 123 Å². The number of amides is 1. The number of hydrogen-bond acceptors (Lipinski definition) is 2. The summed E-state index contributed by atoms with van der Waals surface area (Å²) in [6.45, 7) is 4.25. The molecule has 1 aromatic carbocycles. The largest absolute Gasteiger partial charge is 0.369 e. The number of nitrogens with zero attached hydrogens (tertiary/aromatic N) is 1. The molecule has 0 bridgehead atoms. The van der Waals surface area contributed by atoms with E-state index in [1.54, 1.807) is 24.0 Å². The normalized spacial score (nSPS) is 16.0. The van der Waals surface area contributed by atoms with Crippen LogP contribution in [0.15, 0.2) is 18.2 Å². The van der Waals surface area contributed by atoms with E-state index in [0.717, 1.165) is 12.8 Å². The van der Waals surface area contributed by atoms with E-state index in [1.165, 1.54) is 6.07 Å². The first kappa shape index (κ1) is 15.3. The minimum Gasteiger partial charge on any atom is -0.369 e. The topological polar surface area (TPSA) is 29.5 Å². The molecule has 0 saturated heterocycles. The van der Waals surface area contributed by atoms with Crippen LogP contribution in [-0.4, -0.2) is 29.6 Å². The molecule has 0 N–H and O–H groups in total. The Hall–Kier alpha value is -1.13. The zero-order chi connectivity index (χ0) is 14.7. The third-order valence-corrected chi connectivity index (χ3v) is 3.78. The summed E-state index contributed by atoms with van der Waals surface area (Å²) in [6.07, 6.45) is 1.40. The molecule has 0 spiro atoms. The molecule has 0 aromatic heterocycles. The predicted molar refractivity (Wildman–Crippen MR) is 76.1 cm³/mol. The van der Waals surface area contributed by atoms with Crippen molar-refractivity contribution in [2.75, 3.05) is 6.61 Å². The molecule has 1 aliphatic carbocycles. The van der Waals surface area contributed by atoms with Gasteiger partial charge in [-0.05, 0) is 38.8 Å². The number of hydrogen-bond donors (Lipinski definition) is 0. The first-order valence-corrected chi connectivity index (χ1v) is 7.27. The lowest BCUT2D eigenvalue weighted by atomic mass is 10.2. The fourth-order valence-corrected chi connectivity index (χ4v) is 2.40. The van der Waals surface area contributed by atoms with Crippen molar-refractivity contribution in [3.63, 3.8) is 0 Å². The van der Waals surface area contributed by atoms with Crippen molar-refractivity contribution in [2.45, 2.75) is 45.4 Å². The van der Waals surface area contributed by atoms with E-state index in [9.17, 15) is 9.18 Å². The minimum absolute atomic E-state index is 0.103. The van der Waals surface area contributed by atoms with Crippen LogP contribution in [0.1, 0.15) is 32.3 Å². The van der Waals surface area contributed by atoms with Crippen molar-refractivity contribution in [1.29, 1.82) is 0 Å². The molecule has 1 fully saturated rings. The quantitative estimate of drug-likeness (QED) is 0.806. The minimum atomic E-state index is -0.508. The van der Waals surface area contributed by atoms with Gasteiger partial charge < -0.3 is 9.64 Å². The van der Waals surface area contributed by atoms with Crippen molar-refractivity contribution in [1.82, 2.24) is 4.90 Å². The van der Waals surface area contributed by atoms with Crippen molar-refractivity contribution in [3.05, 3.63) is 34.6 Å². The smallest absolute Gasteiger partial charge is 0.251 e. The summed E-state index contributed by atoms with van der Waals surface area (Å²) in [5, 5.41) is 0.354. The van der Waals surface area contributed by atoms with Crippen molar-refractivity contribution in [3.8, 4) is 0 Å². The average Bonchev–Trinajstić information content (AvgIpc) is 3.22. The van der Waals surface area contributed by atoms with Gasteiger partial charge in [-0.2, -0.15) is 0 Å². The highest BCUT2D eigenvalue weighted by molar-refractivity contribution is 6.31. The molecule has 20 heavy (non-hydrogen) atoms. The van der Waals surface area contributed by atoms with Crippen LogP contribution in [0.2, 0.25) is 5.02 Å². The molecule has 1 aromatic rings. The molecule has 1 aliphatic rings. The summed E-state index contributed by atoms with van der Waals surface area (Å²) in [4.78, 5) is 14.1. The maximum absolute atomic E-state index is 13.9. The second-order valence-corrected chi connectivity index (χ2v) is 5.40. The highest BCUT2D eigenvalue weighted by Gasteiger charge is 2.35. The Bertz CT molecular complexity index is 471. The Kier molecular flexibility index (Phi) is 5.00. The van der Waals surface area contributed by atoms with Gasteiger partial charge in [0, 0.05) is 23.2 Å². The predicted octanol–water partition coefficient (Wildman–Crippen LogP) is 3.40. The summed E-state index contributed by atoms with van der Waals surface area (Å²) in [5.74, 6) is -0.478. The molecule has 1 unspecified atom stereocenters. The number of carbonyl (C=O) groups excluding carboxylic acids is 1. The fraction of sp³-hybridized carbons (Fsp3) is 0.533.